The number of nitrogens with one attached hydrogen (secondary N) is 1. The lowest BCUT2D eigenvalue weighted by Crippen LogP contribution is -2.18. The van der Waals surface area contributed by atoms with E-state index in [4.69, 9.17) is 23.2 Å². The van der Waals surface area contributed by atoms with Crippen LogP contribution in [0.2, 0.25) is 10.0 Å². The third kappa shape index (κ3) is 3.45. The Bertz CT molecular complexity index is 613. The molecular weight excluding hydrogens is 293 g/mol. The zero-order chi connectivity index (χ0) is 14.7. The van der Waals surface area contributed by atoms with Crippen LogP contribution >= 0.6 is 23.2 Å². The number of aryl methyl sites for hydroxylation is 1. The van der Waals surface area contributed by atoms with Gasteiger partial charge in [-0.3, -0.25) is 0 Å². The molecule has 2 N–H and O–H groups in total. The fourth-order valence-electron chi connectivity index (χ4n) is 2.09. The van der Waals surface area contributed by atoms with E-state index in [1.165, 1.54) is 0 Å². The summed E-state index contributed by atoms with van der Waals surface area (Å²) in [4.78, 5) is 0. The fourth-order valence-corrected chi connectivity index (χ4v) is 2.66. The van der Waals surface area contributed by atoms with Gasteiger partial charge in [0.2, 0.25) is 0 Å². The van der Waals surface area contributed by atoms with Gasteiger partial charge >= 0.3 is 0 Å². The second-order valence-electron chi connectivity index (χ2n) is 4.85. The molecule has 2 aromatic rings. The Hall–Kier alpha value is -1.22. The monoisotopic (exact) mass is 309 g/mol. The molecule has 2 aromatic carbocycles. The standard InChI is InChI=1S/C16H17Cl2NO/c1-10-4-3-5-12(16(10)20)9-19-11(2)14-7-6-13(17)8-15(14)18/h3-8,11,19-20H,9H2,1-2H3. The van der Waals surface area contributed by atoms with Gasteiger partial charge in [-0.25, -0.2) is 0 Å². The maximum Gasteiger partial charge on any atom is 0.122 e. The van der Waals surface area contributed by atoms with Crippen LogP contribution in [-0.4, -0.2) is 5.11 Å². The Labute approximate surface area is 129 Å². The Morgan fingerprint density at radius 3 is 2.65 bits per heavy atom. The molecule has 0 saturated heterocycles. The quantitative estimate of drug-likeness (QED) is 0.845. The average molecular weight is 310 g/mol. The van der Waals surface area contributed by atoms with E-state index < -0.39 is 0 Å². The van der Waals surface area contributed by atoms with Gasteiger partial charge in [0.25, 0.3) is 0 Å². The summed E-state index contributed by atoms with van der Waals surface area (Å²) < 4.78 is 0. The predicted octanol–water partition coefficient (Wildman–Crippen LogP) is 4.86. The molecule has 2 rings (SSSR count). The van der Waals surface area contributed by atoms with Crippen LogP contribution in [0.5, 0.6) is 5.75 Å². The molecule has 0 aliphatic carbocycles. The van der Waals surface area contributed by atoms with Gasteiger partial charge in [-0.2, -0.15) is 0 Å². The maximum atomic E-state index is 9.99. The van der Waals surface area contributed by atoms with E-state index in [0.717, 1.165) is 16.7 Å². The van der Waals surface area contributed by atoms with Crippen molar-refractivity contribution < 1.29 is 5.11 Å². The van der Waals surface area contributed by atoms with Gasteiger partial charge in [-0.15, -0.1) is 0 Å². The van der Waals surface area contributed by atoms with Crippen molar-refractivity contribution in [2.24, 2.45) is 0 Å². The molecule has 1 atom stereocenters. The van der Waals surface area contributed by atoms with Crippen molar-refractivity contribution in [3.05, 3.63) is 63.1 Å². The van der Waals surface area contributed by atoms with Crippen molar-refractivity contribution in [1.29, 1.82) is 0 Å². The second-order valence-corrected chi connectivity index (χ2v) is 5.69. The molecule has 0 aliphatic rings. The van der Waals surface area contributed by atoms with E-state index in [2.05, 4.69) is 5.32 Å². The molecule has 0 spiro atoms. The number of phenolic OH excluding ortho intramolecular Hbond substituents is 1. The van der Waals surface area contributed by atoms with Crippen molar-refractivity contribution in [1.82, 2.24) is 5.32 Å². The molecule has 0 fully saturated rings. The zero-order valence-electron chi connectivity index (χ0n) is 11.5. The Morgan fingerprint density at radius 1 is 1.20 bits per heavy atom. The molecule has 4 heteroatoms. The van der Waals surface area contributed by atoms with Crippen molar-refractivity contribution in [2.45, 2.75) is 26.4 Å². The highest BCUT2D eigenvalue weighted by molar-refractivity contribution is 6.35. The van der Waals surface area contributed by atoms with Crippen molar-refractivity contribution in [2.75, 3.05) is 0 Å². The largest absolute Gasteiger partial charge is 0.507 e. The van der Waals surface area contributed by atoms with Gasteiger partial charge in [0, 0.05) is 28.2 Å². The lowest BCUT2D eigenvalue weighted by molar-refractivity contribution is 0.456. The fraction of sp³-hybridized carbons (Fsp3) is 0.250. The van der Waals surface area contributed by atoms with Crippen molar-refractivity contribution in [3.8, 4) is 5.75 Å². The van der Waals surface area contributed by atoms with Gasteiger partial charge in [0.15, 0.2) is 0 Å². The number of phenols is 1. The minimum atomic E-state index is 0.0691. The molecule has 106 valence electrons. The van der Waals surface area contributed by atoms with Gasteiger partial charge in [-0.1, -0.05) is 47.5 Å². The Kier molecular flexibility index (Phi) is 4.92. The topological polar surface area (TPSA) is 32.3 Å². The van der Waals surface area contributed by atoms with E-state index >= 15 is 0 Å². The summed E-state index contributed by atoms with van der Waals surface area (Å²) in [6.07, 6.45) is 0. The smallest absolute Gasteiger partial charge is 0.122 e. The predicted molar refractivity (Wildman–Crippen MR) is 84.6 cm³/mol. The highest BCUT2D eigenvalue weighted by atomic mass is 35.5. The molecule has 2 nitrogen and oxygen atoms in total. The molecule has 20 heavy (non-hydrogen) atoms. The van der Waals surface area contributed by atoms with Crippen molar-refractivity contribution in [3.63, 3.8) is 0 Å². The molecule has 0 aromatic heterocycles. The summed E-state index contributed by atoms with van der Waals surface area (Å²) >= 11 is 12.1. The first kappa shape index (κ1) is 15.2. The van der Waals surface area contributed by atoms with Crippen molar-refractivity contribution >= 4 is 23.2 Å². The lowest BCUT2D eigenvalue weighted by Gasteiger charge is -2.17. The minimum Gasteiger partial charge on any atom is -0.507 e. The zero-order valence-corrected chi connectivity index (χ0v) is 13.0. The van der Waals surface area contributed by atoms with Crippen LogP contribution in [0.1, 0.15) is 29.7 Å². The van der Waals surface area contributed by atoms with E-state index in [1.807, 2.05) is 44.2 Å². The second kappa shape index (κ2) is 6.49. The number of para-hydroxylation sites is 1. The number of hydrogen-bond donors (Lipinski definition) is 2. The first-order chi connectivity index (χ1) is 9.49. The van der Waals surface area contributed by atoms with E-state index in [9.17, 15) is 5.11 Å². The first-order valence-electron chi connectivity index (χ1n) is 6.45. The van der Waals surface area contributed by atoms with Crippen LogP contribution in [0.3, 0.4) is 0 Å². The summed E-state index contributed by atoms with van der Waals surface area (Å²) in [7, 11) is 0. The molecular formula is C16H17Cl2NO. The number of halogens is 2. The Morgan fingerprint density at radius 2 is 1.95 bits per heavy atom. The van der Waals surface area contributed by atoms with Gasteiger partial charge in [0.05, 0.1) is 0 Å². The minimum absolute atomic E-state index is 0.0691. The summed E-state index contributed by atoms with van der Waals surface area (Å²) in [5.41, 5.74) is 2.74. The third-order valence-corrected chi connectivity index (χ3v) is 3.91. The highest BCUT2D eigenvalue weighted by Gasteiger charge is 2.11. The number of hydrogen-bond acceptors (Lipinski definition) is 2. The highest BCUT2D eigenvalue weighted by Crippen LogP contribution is 2.27. The van der Waals surface area contributed by atoms with E-state index in [0.29, 0.717) is 22.3 Å². The molecule has 0 bridgehead atoms. The maximum absolute atomic E-state index is 9.99. The third-order valence-electron chi connectivity index (χ3n) is 3.35. The first-order valence-corrected chi connectivity index (χ1v) is 7.20. The molecule has 0 amide bonds. The van der Waals surface area contributed by atoms with E-state index in [-0.39, 0.29) is 6.04 Å². The SMILES string of the molecule is Cc1cccc(CNC(C)c2ccc(Cl)cc2Cl)c1O. The van der Waals surface area contributed by atoms with Crippen LogP contribution < -0.4 is 5.32 Å². The average Bonchev–Trinajstić information content (AvgIpc) is 2.40. The number of benzene rings is 2. The van der Waals surface area contributed by atoms with Gasteiger partial charge < -0.3 is 10.4 Å². The summed E-state index contributed by atoms with van der Waals surface area (Å²) in [5.74, 6) is 0.342. The normalized spacial score (nSPS) is 12.4. The number of rotatable bonds is 4. The van der Waals surface area contributed by atoms with Crippen LogP contribution in [0, 0.1) is 6.92 Å². The molecule has 1 unspecified atom stereocenters. The summed E-state index contributed by atoms with van der Waals surface area (Å²) in [5, 5.41) is 14.6. The summed E-state index contributed by atoms with van der Waals surface area (Å²) in [6.45, 7) is 4.49. The molecule has 0 saturated carbocycles. The van der Waals surface area contributed by atoms with Gasteiger partial charge in [-0.05, 0) is 37.1 Å². The van der Waals surface area contributed by atoms with E-state index in [1.54, 1.807) is 6.07 Å². The lowest BCUT2D eigenvalue weighted by atomic mass is 10.1. The van der Waals surface area contributed by atoms with Crippen LogP contribution in [0.15, 0.2) is 36.4 Å². The van der Waals surface area contributed by atoms with Crippen LogP contribution in [0.25, 0.3) is 0 Å². The molecule has 0 radical (unpaired) electrons. The number of aromatic hydroxyl groups is 1. The molecule has 0 aliphatic heterocycles. The van der Waals surface area contributed by atoms with Gasteiger partial charge in [0.1, 0.15) is 5.75 Å². The molecule has 0 heterocycles. The van der Waals surface area contributed by atoms with Crippen LogP contribution in [-0.2, 0) is 6.54 Å². The van der Waals surface area contributed by atoms with Crippen LogP contribution in [0.4, 0.5) is 0 Å². The Balaban J connectivity index is 2.08. The summed E-state index contributed by atoms with van der Waals surface area (Å²) in [6, 6.07) is 11.3.